The van der Waals surface area contributed by atoms with Gasteiger partial charge >= 0.3 is 0 Å². The molecule has 0 fully saturated rings. The third-order valence-corrected chi connectivity index (χ3v) is 4.03. The van der Waals surface area contributed by atoms with E-state index < -0.39 is 4.92 Å². The largest absolute Gasteiger partial charge is 0.385 e. The molecule has 0 aliphatic heterocycles. The number of benzene rings is 1. The molecule has 0 aliphatic carbocycles. The van der Waals surface area contributed by atoms with Crippen molar-refractivity contribution < 1.29 is 14.5 Å². The quantitative estimate of drug-likeness (QED) is 0.319. The Labute approximate surface area is 128 Å². The van der Waals surface area contributed by atoms with Crippen LogP contribution >= 0.6 is 11.8 Å². The van der Waals surface area contributed by atoms with Crippen LogP contribution < -0.4 is 0 Å². The van der Waals surface area contributed by atoms with Crippen LogP contribution in [0.3, 0.4) is 0 Å². The summed E-state index contributed by atoms with van der Waals surface area (Å²) in [5, 5.41) is 10.3. The van der Waals surface area contributed by atoms with Gasteiger partial charge in [-0.25, -0.2) is 0 Å². The lowest BCUT2D eigenvalue weighted by Crippen LogP contribution is -2.34. The van der Waals surface area contributed by atoms with E-state index >= 15 is 0 Å². The van der Waals surface area contributed by atoms with Crippen molar-refractivity contribution in [3.05, 3.63) is 34.4 Å². The van der Waals surface area contributed by atoms with Gasteiger partial charge in [0.25, 0.3) is 5.69 Å². The number of thioether (sulfide) groups is 1. The summed E-state index contributed by atoms with van der Waals surface area (Å²) >= 11 is 1.39. The summed E-state index contributed by atoms with van der Waals surface area (Å²) in [5.74, 6) is 0.0365. The summed E-state index contributed by atoms with van der Waals surface area (Å²) in [6.07, 6.45) is 0.799. The van der Waals surface area contributed by atoms with Crippen molar-refractivity contribution in [3.63, 3.8) is 0 Å². The SMILES string of the molecule is COCCCN(C)C(=O)C(C)Sc1ccc([N+](=O)[O-])cc1. The Morgan fingerprint density at radius 1 is 1.43 bits per heavy atom. The first-order chi connectivity index (χ1) is 9.95. The highest BCUT2D eigenvalue weighted by molar-refractivity contribution is 8.00. The highest BCUT2D eigenvalue weighted by Crippen LogP contribution is 2.26. The van der Waals surface area contributed by atoms with E-state index in [-0.39, 0.29) is 16.8 Å². The van der Waals surface area contributed by atoms with Gasteiger partial charge in [-0.05, 0) is 25.5 Å². The van der Waals surface area contributed by atoms with Gasteiger partial charge in [0.05, 0.1) is 10.2 Å². The van der Waals surface area contributed by atoms with Crippen LogP contribution in [0, 0.1) is 10.1 Å². The van der Waals surface area contributed by atoms with Crippen molar-refractivity contribution in [3.8, 4) is 0 Å². The van der Waals surface area contributed by atoms with E-state index in [0.717, 1.165) is 11.3 Å². The van der Waals surface area contributed by atoms with Gasteiger partial charge in [0.1, 0.15) is 0 Å². The molecule has 21 heavy (non-hydrogen) atoms. The third kappa shape index (κ3) is 5.73. The number of ether oxygens (including phenoxy) is 1. The van der Waals surface area contributed by atoms with Crippen LogP contribution in [0.5, 0.6) is 0 Å². The van der Waals surface area contributed by atoms with Gasteiger partial charge in [-0.3, -0.25) is 14.9 Å². The standard InChI is InChI=1S/C14H20N2O4S/c1-11(14(17)15(2)9-4-10-20-3)21-13-7-5-12(6-8-13)16(18)19/h5-8,11H,4,9-10H2,1-3H3. The molecule has 0 spiro atoms. The van der Waals surface area contributed by atoms with Crippen LogP contribution in [-0.4, -0.2) is 48.3 Å². The Balaban J connectivity index is 2.53. The maximum atomic E-state index is 12.2. The summed E-state index contributed by atoms with van der Waals surface area (Å²) < 4.78 is 4.96. The van der Waals surface area contributed by atoms with E-state index in [1.54, 1.807) is 31.2 Å². The van der Waals surface area contributed by atoms with E-state index in [4.69, 9.17) is 4.74 Å². The van der Waals surface area contributed by atoms with Gasteiger partial charge in [0, 0.05) is 44.3 Å². The molecule has 7 heteroatoms. The van der Waals surface area contributed by atoms with Gasteiger partial charge in [0.15, 0.2) is 0 Å². The number of carbonyl (C=O) groups is 1. The fourth-order valence-electron chi connectivity index (χ4n) is 1.77. The maximum Gasteiger partial charge on any atom is 0.269 e. The minimum Gasteiger partial charge on any atom is -0.385 e. The van der Waals surface area contributed by atoms with E-state index in [9.17, 15) is 14.9 Å². The van der Waals surface area contributed by atoms with Crippen molar-refractivity contribution >= 4 is 23.4 Å². The lowest BCUT2D eigenvalue weighted by molar-refractivity contribution is -0.384. The molecule has 1 amide bonds. The topological polar surface area (TPSA) is 72.7 Å². The highest BCUT2D eigenvalue weighted by atomic mass is 32.2. The zero-order valence-electron chi connectivity index (χ0n) is 12.4. The number of nitrogens with zero attached hydrogens (tertiary/aromatic N) is 2. The minimum atomic E-state index is -0.438. The number of hydrogen-bond donors (Lipinski definition) is 0. The van der Waals surface area contributed by atoms with Crippen LogP contribution in [0.1, 0.15) is 13.3 Å². The van der Waals surface area contributed by atoms with Crippen molar-refractivity contribution in [2.45, 2.75) is 23.5 Å². The molecule has 0 aromatic heterocycles. The summed E-state index contributed by atoms with van der Waals surface area (Å²) in [4.78, 5) is 24.8. The molecule has 6 nitrogen and oxygen atoms in total. The van der Waals surface area contributed by atoms with E-state index in [1.807, 2.05) is 6.92 Å². The van der Waals surface area contributed by atoms with Gasteiger partial charge in [-0.15, -0.1) is 11.8 Å². The number of non-ortho nitro benzene ring substituents is 1. The average Bonchev–Trinajstić information content (AvgIpc) is 2.47. The van der Waals surface area contributed by atoms with Crippen LogP contribution in [0.2, 0.25) is 0 Å². The number of amides is 1. The molecule has 0 saturated heterocycles. The molecule has 116 valence electrons. The first-order valence-corrected chi connectivity index (χ1v) is 7.48. The number of methoxy groups -OCH3 is 1. The fourth-order valence-corrected chi connectivity index (χ4v) is 2.75. The molecule has 0 aliphatic rings. The van der Waals surface area contributed by atoms with Crippen molar-refractivity contribution in [1.29, 1.82) is 0 Å². The van der Waals surface area contributed by atoms with Crippen molar-refractivity contribution in [1.82, 2.24) is 4.90 Å². The molecule has 0 radical (unpaired) electrons. The van der Waals surface area contributed by atoms with Crippen LogP contribution in [0.4, 0.5) is 5.69 Å². The Morgan fingerprint density at radius 3 is 2.57 bits per heavy atom. The molecule has 1 aromatic carbocycles. The monoisotopic (exact) mass is 312 g/mol. The molecule has 0 bridgehead atoms. The van der Waals surface area contributed by atoms with Crippen LogP contribution in [0.25, 0.3) is 0 Å². The summed E-state index contributed by atoms with van der Waals surface area (Å²) in [6.45, 7) is 3.11. The fraction of sp³-hybridized carbons (Fsp3) is 0.500. The minimum absolute atomic E-state index is 0.0365. The number of nitro benzene ring substituents is 1. The van der Waals surface area contributed by atoms with Gasteiger partial charge in [-0.1, -0.05) is 0 Å². The molecule has 0 N–H and O–H groups in total. The van der Waals surface area contributed by atoms with E-state index in [2.05, 4.69) is 0 Å². The zero-order chi connectivity index (χ0) is 15.8. The molecular weight excluding hydrogens is 292 g/mol. The Bertz CT molecular complexity index is 478. The Morgan fingerprint density at radius 2 is 2.05 bits per heavy atom. The highest BCUT2D eigenvalue weighted by Gasteiger charge is 2.18. The van der Waals surface area contributed by atoms with Crippen LogP contribution in [0.15, 0.2) is 29.2 Å². The average molecular weight is 312 g/mol. The molecule has 1 aromatic rings. The summed E-state index contributed by atoms with van der Waals surface area (Å²) in [5.41, 5.74) is 0.0509. The second-order valence-electron chi connectivity index (χ2n) is 4.62. The normalized spacial score (nSPS) is 12.0. The molecular formula is C14H20N2O4S. The first kappa shape index (κ1) is 17.5. The predicted molar refractivity (Wildman–Crippen MR) is 82.5 cm³/mol. The number of hydrogen-bond acceptors (Lipinski definition) is 5. The molecule has 0 saturated carbocycles. The molecule has 1 unspecified atom stereocenters. The smallest absolute Gasteiger partial charge is 0.269 e. The van der Waals surface area contributed by atoms with Crippen molar-refractivity contribution in [2.24, 2.45) is 0 Å². The van der Waals surface area contributed by atoms with Gasteiger partial charge in [-0.2, -0.15) is 0 Å². The molecule has 1 atom stereocenters. The molecule has 0 heterocycles. The van der Waals surface area contributed by atoms with Crippen LogP contribution in [-0.2, 0) is 9.53 Å². The summed E-state index contributed by atoms with van der Waals surface area (Å²) in [6, 6.07) is 6.22. The zero-order valence-corrected chi connectivity index (χ0v) is 13.3. The Hall–Kier alpha value is -1.60. The van der Waals surface area contributed by atoms with Crippen molar-refractivity contribution in [2.75, 3.05) is 27.3 Å². The van der Waals surface area contributed by atoms with Gasteiger partial charge < -0.3 is 9.64 Å². The lowest BCUT2D eigenvalue weighted by Gasteiger charge is -2.21. The second-order valence-corrected chi connectivity index (χ2v) is 6.03. The van der Waals surface area contributed by atoms with Gasteiger partial charge in [0.2, 0.25) is 5.91 Å². The number of carbonyl (C=O) groups excluding carboxylic acids is 1. The third-order valence-electron chi connectivity index (χ3n) is 2.93. The summed E-state index contributed by atoms with van der Waals surface area (Å²) in [7, 11) is 3.40. The molecule has 1 rings (SSSR count). The van der Waals surface area contributed by atoms with E-state index in [1.165, 1.54) is 23.9 Å². The predicted octanol–water partition coefficient (Wildman–Crippen LogP) is 2.57. The number of rotatable bonds is 8. The Kier molecular flexibility index (Phi) is 7.18. The van der Waals surface area contributed by atoms with E-state index in [0.29, 0.717) is 13.2 Å². The lowest BCUT2D eigenvalue weighted by atomic mass is 10.3. The first-order valence-electron chi connectivity index (χ1n) is 6.60. The second kappa shape index (κ2) is 8.63. The number of nitro groups is 1. The maximum absolute atomic E-state index is 12.2.